The second kappa shape index (κ2) is 4.25. The second-order valence-electron chi connectivity index (χ2n) is 3.79. The van der Waals surface area contributed by atoms with Crippen LogP contribution in [0, 0.1) is 0 Å². The zero-order valence-electron chi connectivity index (χ0n) is 9.17. The highest BCUT2D eigenvalue weighted by Crippen LogP contribution is 2.51. The number of carbonyl (C=O) groups excluding carboxylic acids is 1. The molecule has 1 fully saturated rings. The van der Waals surface area contributed by atoms with Gasteiger partial charge in [-0.25, -0.2) is 4.90 Å². The molecule has 0 aliphatic carbocycles. The first-order chi connectivity index (χ1) is 8.34. The van der Waals surface area contributed by atoms with Gasteiger partial charge in [-0.2, -0.15) is 26.3 Å². The van der Waals surface area contributed by atoms with Crippen LogP contribution >= 0.6 is 0 Å². The molecule has 0 radical (unpaired) electrons. The largest absolute Gasteiger partial charge is 0.481 e. The maximum absolute atomic E-state index is 12.7. The summed E-state index contributed by atoms with van der Waals surface area (Å²) in [5.74, 6) is -3.62. The number of esters is 1. The van der Waals surface area contributed by atoms with Crippen LogP contribution in [0.3, 0.4) is 0 Å². The molecule has 0 aromatic rings. The molecular formula is C8H7F6NO4. The predicted molar refractivity (Wildman–Crippen MR) is 44.7 cm³/mol. The molecule has 0 bridgehead atoms. The number of likely N-dealkylation sites (N-methyl/N-ethyl adjacent to an activating group) is 1. The first-order valence-corrected chi connectivity index (χ1v) is 4.65. The molecule has 5 nitrogen and oxygen atoms in total. The lowest BCUT2D eigenvalue weighted by Crippen LogP contribution is -2.65. The molecule has 0 saturated carbocycles. The standard InChI is InChI=1S/C8H7F6NO4/c1-15-3(2-4(16)17)5(18)19-6(15,7(9,10)11)8(12,13)14/h3H,2H2,1H3,(H,16,17). The number of ether oxygens (including phenoxy) is 1. The summed E-state index contributed by atoms with van der Waals surface area (Å²) in [4.78, 5) is 21.0. The molecule has 110 valence electrons. The van der Waals surface area contributed by atoms with Crippen LogP contribution in [0.2, 0.25) is 0 Å². The van der Waals surface area contributed by atoms with Crippen LogP contribution in [0.4, 0.5) is 26.3 Å². The Kier molecular flexibility index (Phi) is 3.48. The van der Waals surface area contributed by atoms with Crippen LogP contribution in [0.5, 0.6) is 0 Å². The molecule has 0 amide bonds. The topological polar surface area (TPSA) is 66.8 Å². The maximum atomic E-state index is 12.7. The van der Waals surface area contributed by atoms with Crippen LogP contribution in [-0.2, 0) is 14.3 Å². The van der Waals surface area contributed by atoms with Gasteiger partial charge in [-0.15, -0.1) is 0 Å². The summed E-state index contributed by atoms with van der Waals surface area (Å²) in [6.07, 6.45) is -13.1. The van der Waals surface area contributed by atoms with Crippen molar-refractivity contribution in [3.63, 3.8) is 0 Å². The molecule has 11 heteroatoms. The van der Waals surface area contributed by atoms with Crippen LogP contribution in [0.15, 0.2) is 0 Å². The molecule has 0 spiro atoms. The van der Waals surface area contributed by atoms with Gasteiger partial charge in [0.05, 0.1) is 6.42 Å². The SMILES string of the molecule is CN1C(CC(=O)O)C(=O)OC1(C(F)(F)F)C(F)(F)F. The molecule has 1 heterocycles. The molecule has 1 aliphatic heterocycles. The van der Waals surface area contributed by atoms with Gasteiger partial charge in [0.1, 0.15) is 6.04 Å². The Balaban J connectivity index is 3.30. The zero-order valence-corrected chi connectivity index (χ0v) is 9.17. The van der Waals surface area contributed by atoms with Crippen LogP contribution < -0.4 is 0 Å². The van der Waals surface area contributed by atoms with E-state index in [1.165, 1.54) is 0 Å². The van der Waals surface area contributed by atoms with Crippen molar-refractivity contribution in [2.45, 2.75) is 30.5 Å². The Hall–Kier alpha value is -1.52. The van der Waals surface area contributed by atoms with Crippen molar-refractivity contribution < 1.29 is 45.8 Å². The number of carboxylic acid groups (broad SMARTS) is 1. The Morgan fingerprint density at radius 2 is 1.74 bits per heavy atom. The Morgan fingerprint density at radius 3 is 2.00 bits per heavy atom. The zero-order chi connectivity index (χ0) is 15.2. The third-order valence-electron chi connectivity index (χ3n) is 2.62. The van der Waals surface area contributed by atoms with E-state index in [1.54, 1.807) is 0 Å². The number of alkyl halides is 6. The van der Waals surface area contributed by atoms with Crippen LogP contribution in [0.25, 0.3) is 0 Å². The van der Waals surface area contributed by atoms with E-state index in [0.717, 1.165) is 0 Å². The van der Waals surface area contributed by atoms with Gasteiger partial charge in [-0.05, 0) is 7.05 Å². The summed E-state index contributed by atoms with van der Waals surface area (Å²) in [6.45, 7) is 0. The number of halogens is 6. The van der Waals surface area contributed by atoms with E-state index in [2.05, 4.69) is 4.74 Å². The first kappa shape index (κ1) is 15.5. The number of nitrogens with zero attached hydrogens (tertiary/aromatic N) is 1. The van der Waals surface area contributed by atoms with E-state index >= 15 is 0 Å². The summed E-state index contributed by atoms with van der Waals surface area (Å²) in [6, 6.07) is -2.17. The van der Waals surface area contributed by atoms with Gasteiger partial charge in [0.2, 0.25) is 0 Å². The fourth-order valence-corrected chi connectivity index (χ4v) is 1.73. The Bertz CT molecular complexity index is 389. The van der Waals surface area contributed by atoms with E-state index in [-0.39, 0.29) is 0 Å². The van der Waals surface area contributed by atoms with Gasteiger partial charge in [0, 0.05) is 0 Å². The van der Waals surface area contributed by atoms with Gasteiger partial charge in [-0.3, -0.25) is 9.59 Å². The van der Waals surface area contributed by atoms with Crippen LogP contribution in [-0.4, -0.2) is 53.1 Å². The molecule has 0 aromatic heterocycles. The molecule has 1 atom stereocenters. The average molecular weight is 295 g/mol. The number of cyclic esters (lactones) is 1. The van der Waals surface area contributed by atoms with Gasteiger partial charge in [0.15, 0.2) is 0 Å². The molecule has 0 aromatic carbocycles. The van der Waals surface area contributed by atoms with E-state index < -0.39 is 47.4 Å². The quantitative estimate of drug-likeness (QED) is 0.611. The van der Waals surface area contributed by atoms with E-state index in [0.29, 0.717) is 7.05 Å². The highest BCUT2D eigenvalue weighted by Gasteiger charge is 2.81. The number of carbonyl (C=O) groups is 2. The lowest BCUT2D eigenvalue weighted by Gasteiger charge is -2.37. The summed E-state index contributed by atoms with van der Waals surface area (Å²) in [7, 11) is 0.333. The molecule has 1 saturated heterocycles. The third-order valence-corrected chi connectivity index (χ3v) is 2.62. The monoisotopic (exact) mass is 295 g/mol. The third kappa shape index (κ3) is 2.22. The van der Waals surface area contributed by atoms with Crippen molar-refractivity contribution in [3.8, 4) is 0 Å². The lowest BCUT2D eigenvalue weighted by molar-refractivity contribution is -0.398. The van der Waals surface area contributed by atoms with E-state index in [1.807, 2.05) is 0 Å². The van der Waals surface area contributed by atoms with Gasteiger partial charge in [-0.1, -0.05) is 0 Å². The first-order valence-electron chi connectivity index (χ1n) is 4.65. The van der Waals surface area contributed by atoms with Crippen molar-refractivity contribution >= 4 is 11.9 Å². The summed E-state index contributed by atoms with van der Waals surface area (Å²) < 4.78 is 79.4. The van der Waals surface area contributed by atoms with Crippen molar-refractivity contribution in [1.29, 1.82) is 0 Å². The number of carboxylic acids is 1. The van der Waals surface area contributed by atoms with Crippen molar-refractivity contribution in [3.05, 3.63) is 0 Å². The van der Waals surface area contributed by atoms with Gasteiger partial charge < -0.3 is 9.84 Å². The molecular weight excluding hydrogens is 288 g/mol. The van der Waals surface area contributed by atoms with Crippen molar-refractivity contribution in [2.75, 3.05) is 7.05 Å². The summed E-state index contributed by atoms with van der Waals surface area (Å²) in [5.41, 5.74) is -4.82. The van der Waals surface area contributed by atoms with E-state index in [9.17, 15) is 35.9 Å². The molecule has 1 rings (SSSR count). The lowest BCUT2D eigenvalue weighted by atomic mass is 10.1. The normalized spacial score (nSPS) is 24.4. The molecule has 1 N–H and O–H groups in total. The maximum Gasteiger partial charge on any atom is 0.453 e. The van der Waals surface area contributed by atoms with Crippen molar-refractivity contribution in [1.82, 2.24) is 4.90 Å². The smallest absolute Gasteiger partial charge is 0.453 e. The minimum Gasteiger partial charge on any atom is -0.481 e. The van der Waals surface area contributed by atoms with Gasteiger partial charge in [0.25, 0.3) is 0 Å². The fourth-order valence-electron chi connectivity index (χ4n) is 1.73. The summed E-state index contributed by atoms with van der Waals surface area (Å²) >= 11 is 0. The minimum absolute atomic E-state index is 0.333. The second-order valence-corrected chi connectivity index (χ2v) is 3.79. The minimum atomic E-state index is -5.96. The fraction of sp³-hybridized carbons (Fsp3) is 0.750. The molecule has 19 heavy (non-hydrogen) atoms. The Labute approximate surface area is 101 Å². The number of hydrogen-bond donors (Lipinski definition) is 1. The number of hydrogen-bond acceptors (Lipinski definition) is 4. The summed E-state index contributed by atoms with van der Waals surface area (Å²) in [5, 5.41) is 8.39. The molecule has 1 unspecified atom stereocenters. The van der Waals surface area contributed by atoms with E-state index in [4.69, 9.17) is 5.11 Å². The number of aliphatic carboxylic acids is 1. The predicted octanol–water partition coefficient (Wildman–Crippen LogP) is 1.14. The van der Waals surface area contributed by atoms with Gasteiger partial charge >= 0.3 is 30.0 Å². The van der Waals surface area contributed by atoms with Crippen molar-refractivity contribution in [2.24, 2.45) is 0 Å². The molecule has 1 aliphatic rings. The highest BCUT2D eigenvalue weighted by molar-refractivity contribution is 5.84. The highest BCUT2D eigenvalue weighted by atomic mass is 19.4. The number of rotatable bonds is 2. The Morgan fingerprint density at radius 1 is 1.32 bits per heavy atom. The average Bonchev–Trinajstić information content (AvgIpc) is 2.40. The van der Waals surface area contributed by atoms with Crippen LogP contribution in [0.1, 0.15) is 6.42 Å².